The van der Waals surface area contributed by atoms with Crippen molar-refractivity contribution in [2.45, 2.75) is 24.0 Å². The van der Waals surface area contributed by atoms with Gasteiger partial charge in [0.25, 0.3) is 5.91 Å². The molecule has 2 aromatic carbocycles. The summed E-state index contributed by atoms with van der Waals surface area (Å²) in [5, 5.41) is 7.73. The number of nitrogens with one attached hydrogen (secondary N) is 1. The number of sulfonamides is 1. The summed E-state index contributed by atoms with van der Waals surface area (Å²) in [5.74, 6) is -1.08. The molecule has 0 bridgehead atoms. The van der Waals surface area contributed by atoms with Crippen molar-refractivity contribution in [2.75, 3.05) is 13.1 Å². The van der Waals surface area contributed by atoms with E-state index in [1.54, 1.807) is 0 Å². The zero-order valence-corrected chi connectivity index (χ0v) is 16.5. The molecule has 3 rings (SSSR count). The van der Waals surface area contributed by atoms with Gasteiger partial charge in [0.2, 0.25) is 15.9 Å². The number of aryl methyl sites for hydroxylation is 1. The smallest absolute Gasteiger partial charge is 0.352 e. The number of nitrogens with zero attached hydrogens (tertiary/aromatic N) is 1. The SMILES string of the molecule is Cc1cc(C(=O)N2CCNC(=O)C2c2ccc(C(F)(F)F)cc2)ccc1S(N)(=O)=O. The van der Waals surface area contributed by atoms with E-state index < -0.39 is 39.6 Å². The number of carbonyl (C=O) groups excluding carboxylic acids is 2. The van der Waals surface area contributed by atoms with Crippen LogP contribution in [0.1, 0.15) is 33.1 Å². The third-order valence-electron chi connectivity index (χ3n) is 4.75. The van der Waals surface area contributed by atoms with Gasteiger partial charge < -0.3 is 10.2 Å². The second-order valence-electron chi connectivity index (χ2n) is 6.84. The van der Waals surface area contributed by atoms with Gasteiger partial charge in [0.15, 0.2) is 0 Å². The predicted molar refractivity (Wildman–Crippen MR) is 101 cm³/mol. The lowest BCUT2D eigenvalue weighted by Gasteiger charge is -2.35. The van der Waals surface area contributed by atoms with E-state index in [0.717, 1.165) is 24.3 Å². The molecule has 1 fully saturated rings. The molecule has 0 aromatic heterocycles. The number of benzene rings is 2. The van der Waals surface area contributed by atoms with Gasteiger partial charge in [-0.2, -0.15) is 13.2 Å². The van der Waals surface area contributed by atoms with Gasteiger partial charge in [-0.1, -0.05) is 12.1 Å². The molecule has 0 aliphatic carbocycles. The monoisotopic (exact) mass is 441 g/mol. The zero-order chi connectivity index (χ0) is 22.3. The maximum Gasteiger partial charge on any atom is 0.416 e. The topological polar surface area (TPSA) is 110 Å². The number of amides is 2. The van der Waals surface area contributed by atoms with Gasteiger partial charge in [-0.3, -0.25) is 9.59 Å². The number of alkyl halides is 3. The minimum Gasteiger partial charge on any atom is -0.352 e. The Morgan fingerprint density at radius 2 is 1.80 bits per heavy atom. The summed E-state index contributed by atoms with van der Waals surface area (Å²) in [4.78, 5) is 26.6. The van der Waals surface area contributed by atoms with Crippen molar-refractivity contribution in [1.29, 1.82) is 0 Å². The molecule has 3 N–H and O–H groups in total. The van der Waals surface area contributed by atoms with E-state index in [4.69, 9.17) is 5.14 Å². The molecule has 2 aromatic rings. The first-order valence-electron chi connectivity index (χ1n) is 8.79. The molecule has 1 aliphatic heterocycles. The molecule has 160 valence electrons. The Labute approximate surface area is 170 Å². The summed E-state index contributed by atoms with van der Waals surface area (Å²) in [7, 11) is -3.96. The number of primary sulfonamides is 1. The minimum atomic E-state index is -4.52. The quantitative estimate of drug-likeness (QED) is 0.759. The molecule has 1 unspecified atom stereocenters. The first-order chi connectivity index (χ1) is 13.9. The second kappa shape index (κ2) is 7.73. The van der Waals surface area contributed by atoms with Crippen molar-refractivity contribution in [3.63, 3.8) is 0 Å². The Balaban J connectivity index is 1.96. The Bertz CT molecular complexity index is 1100. The first-order valence-corrected chi connectivity index (χ1v) is 10.3. The number of hydrogen-bond donors (Lipinski definition) is 2. The van der Waals surface area contributed by atoms with Gasteiger partial charge in [-0.05, 0) is 48.4 Å². The fourth-order valence-electron chi connectivity index (χ4n) is 3.34. The van der Waals surface area contributed by atoms with Gasteiger partial charge in [0.05, 0.1) is 10.5 Å². The molecule has 0 saturated carbocycles. The van der Waals surface area contributed by atoms with Crippen LogP contribution in [0.25, 0.3) is 0 Å². The number of carbonyl (C=O) groups is 2. The lowest BCUT2D eigenvalue weighted by atomic mass is 9.99. The van der Waals surface area contributed by atoms with Crippen LogP contribution in [0.15, 0.2) is 47.4 Å². The third kappa shape index (κ3) is 4.31. The van der Waals surface area contributed by atoms with E-state index in [0.29, 0.717) is 0 Å². The van der Waals surface area contributed by atoms with E-state index in [2.05, 4.69) is 5.32 Å². The highest BCUT2D eigenvalue weighted by Gasteiger charge is 2.36. The summed E-state index contributed by atoms with van der Waals surface area (Å²) in [5.41, 5.74) is -0.247. The number of halogens is 3. The molecular formula is C19H18F3N3O4S. The van der Waals surface area contributed by atoms with Crippen molar-refractivity contribution in [1.82, 2.24) is 10.2 Å². The van der Waals surface area contributed by atoms with Crippen molar-refractivity contribution in [3.05, 3.63) is 64.7 Å². The molecule has 30 heavy (non-hydrogen) atoms. The Morgan fingerprint density at radius 1 is 1.17 bits per heavy atom. The number of nitrogens with two attached hydrogens (primary N) is 1. The summed E-state index contributed by atoms with van der Waals surface area (Å²) in [6.07, 6.45) is -4.52. The highest BCUT2D eigenvalue weighted by molar-refractivity contribution is 7.89. The van der Waals surface area contributed by atoms with E-state index in [1.165, 1.54) is 30.0 Å². The molecule has 11 heteroatoms. The molecular weight excluding hydrogens is 423 g/mol. The van der Waals surface area contributed by atoms with Crippen LogP contribution < -0.4 is 10.5 Å². The van der Waals surface area contributed by atoms with Crippen molar-refractivity contribution in [2.24, 2.45) is 5.14 Å². The number of rotatable bonds is 3. The van der Waals surface area contributed by atoms with E-state index >= 15 is 0 Å². The van der Waals surface area contributed by atoms with Gasteiger partial charge in [-0.15, -0.1) is 0 Å². The van der Waals surface area contributed by atoms with Crippen LogP contribution in [0.3, 0.4) is 0 Å². The van der Waals surface area contributed by atoms with E-state index in [-0.39, 0.29) is 34.7 Å². The maximum atomic E-state index is 13.1. The largest absolute Gasteiger partial charge is 0.416 e. The van der Waals surface area contributed by atoms with Gasteiger partial charge in [0, 0.05) is 18.7 Å². The van der Waals surface area contributed by atoms with E-state index in [1.807, 2.05) is 0 Å². The van der Waals surface area contributed by atoms with Gasteiger partial charge in [0.1, 0.15) is 6.04 Å². The van der Waals surface area contributed by atoms with Crippen LogP contribution in [-0.2, 0) is 21.0 Å². The van der Waals surface area contributed by atoms with E-state index in [9.17, 15) is 31.2 Å². The van der Waals surface area contributed by atoms with Crippen LogP contribution in [-0.4, -0.2) is 38.2 Å². The molecule has 2 amide bonds. The molecule has 1 atom stereocenters. The zero-order valence-electron chi connectivity index (χ0n) is 15.7. The summed E-state index contributed by atoms with van der Waals surface area (Å²) in [6.45, 7) is 1.79. The number of hydrogen-bond acceptors (Lipinski definition) is 4. The Hall–Kier alpha value is -2.92. The van der Waals surface area contributed by atoms with Crippen LogP contribution in [0.5, 0.6) is 0 Å². The predicted octanol–water partition coefficient (Wildman–Crippen LogP) is 1.97. The highest BCUT2D eigenvalue weighted by atomic mass is 32.2. The Morgan fingerprint density at radius 3 is 2.33 bits per heavy atom. The fraction of sp³-hybridized carbons (Fsp3) is 0.263. The average molecular weight is 441 g/mol. The number of piperazine rings is 1. The molecule has 0 radical (unpaired) electrons. The second-order valence-corrected chi connectivity index (χ2v) is 8.37. The standard InChI is InChI=1S/C19H18F3N3O4S/c1-11-10-13(4-7-15(11)30(23,28)29)18(27)25-9-8-24-17(26)16(25)12-2-5-14(6-3-12)19(20,21)22/h2-7,10,16H,8-9H2,1H3,(H,24,26)(H2,23,28,29). The van der Waals surface area contributed by atoms with Gasteiger partial charge in [-0.25, -0.2) is 13.6 Å². The first kappa shape index (κ1) is 21.8. The molecule has 1 heterocycles. The normalized spacial score (nSPS) is 17.6. The summed E-state index contributed by atoms with van der Waals surface area (Å²) >= 11 is 0. The lowest BCUT2D eigenvalue weighted by molar-refractivity contribution is -0.137. The third-order valence-corrected chi connectivity index (χ3v) is 5.83. The minimum absolute atomic E-state index is 0.130. The van der Waals surface area contributed by atoms with Crippen molar-refractivity contribution >= 4 is 21.8 Å². The summed E-state index contributed by atoms with van der Waals surface area (Å²) in [6, 6.07) is 6.74. The van der Waals surface area contributed by atoms with Crippen molar-refractivity contribution in [3.8, 4) is 0 Å². The molecule has 7 nitrogen and oxygen atoms in total. The van der Waals surface area contributed by atoms with Crippen molar-refractivity contribution < 1.29 is 31.2 Å². The Kier molecular flexibility index (Phi) is 5.61. The van der Waals surface area contributed by atoms with Crippen LogP contribution in [0, 0.1) is 6.92 Å². The molecule has 1 saturated heterocycles. The van der Waals surface area contributed by atoms with Gasteiger partial charge >= 0.3 is 6.18 Å². The molecule has 0 spiro atoms. The fourth-order valence-corrected chi connectivity index (χ4v) is 4.10. The van der Waals surface area contributed by atoms with Crippen LogP contribution >= 0.6 is 0 Å². The highest BCUT2D eigenvalue weighted by Crippen LogP contribution is 2.32. The summed E-state index contributed by atoms with van der Waals surface area (Å²) < 4.78 is 61.6. The maximum absolute atomic E-state index is 13.1. The van der Waals surface area contributed by atoms with Crippen LogP contribution in [0.4, 0.5) is 13.2 Å². The average Bonchev–Trinajstić information content (AvgIpc) is 2.65. The molecule has 1 aliphatic rings. The van der Waals surface area contributed by atoms with Crippen LogP contribution in [0.2, 0.25) is 0 Å². The lowest BCUT2D eigenvalue weighted by Crippen LogP contribution is -2.52.